The van der Waals surface area contributed by atoms with E-state index in [4.69, 9.17) is 5.11 Å². The second-order valence-electron chi connectivity index (χ2n) is 6.16. The lowest BCUT2D eigenvalue weighted by Gasteiger charge is -2.28. The number of carboxylic acid groups (broad SMARTS) is 1. The molecule has 1 saturated carbocycles. The summed E-state index contributed by atoms with van der Waals surface area (Å²) in [7, 11) is 0. The lowest BCUT2D eigenvalue weighted by Crippen LogP contribution is -2.21. The molecule has 2 heteroatoms. The molecule has 1 N–H and O–H groups in total. The Kier molecular flexibility index (Phi) is 4.28. The minimum absolute atomic E-state index is 0.121. The second-order valence-corrected chi connectivity index (χ2v) is 6.16. The summed E-state index contributed by atoms with van der Waals surface area (Å²) in [5.41, 5.74) is 4.18. The van der Waals surface area contributed by atoms with Gasteiger partial charge in [0.15, 0.2) is 0 Å². The molecule has 1 aliphatic rings. The highest BCUT2D eigenvalue weighted by Gasteiger charge is 2.27. The highest BCUT2D eigenvalue weighted by Crippen LogP contribution is 2.38. The van der Waals surface area contributed by atoms with E-state index >= 15 is 0 Å². The quantitative estimate of drug-likeness (QED) is 0.870. The van der Waals surface area contributed by atoms with Crippen LogP contribution >= 0.6 is 0 Å². The van der Waals surface area contributed by atoms with Crippen LogP contribution in [0.25, 0.3) is 0 Å². The van der Waals surface area contributed by atoms with E-state index in [2.05, 4.69) is 39.0 Å². The van der Waals surface area contributed by atoms with Crippen molar-refractivity contribution in [2.45, 2.75) is 58.3 Å². The summed E-state index contributed by atoms with van der Waals surface area (Å²) in [6.07, 6.45) is 3.68. The molecule has 104 valence electrons. The van der Waals surface area contributed by atoms with Gasteiger partial charge in [-0.25, -0.2) is 0 Å². The van der Waals surface area contributed by atoms with Crippen LogP contribution < -0.4 is 0 Å². The van der Waals surface area contributed by atoms with Gasteiger partial charge in [0.25, 0.3) is 0 Å². The normalized spacial score (nSPS) is 23.6. The molecule has 1 aromatic rings. The third kappa shape index (κ3) is 3.17. The zero-order valence-corrected chi connectivity index (χ0v) is 12.1. The van der Waals surface area contributed by atoms with Gasteiger partial charge in [0.2, 0.25) is 0 Å². The lowest BCUT2D eigenvalue weighted by molar-refractivity contribution is -0.142. The van der Waals surface area contributed by atoms with Crippen LogP contribution in [0.15, 0.2) is 18.2 Å². The maximum Gasteiger partial charge on any atom is 0.306 e. The Hall–Kier alpha value is -1.31. The lowest BCUT2D eigenvalue weighted by atomic mass is 9.77. The van der Waals surface area contributed by atoms with Crippen molar-refractivity contribution in [1.29, 1.82) is 0 Å². The SMILES string of the molecule is Cc1ccc(C(C)C)cc1C1CCC(C(=O)O)CC1. The van der Waals surface area contributed by atoms with E-state index in [1.165, 1.54) is 16.7 Å². The summed E-state index contributed by atoms with van der Waals surface area (Å²) in [5, 5.41) is 9.07. The number of carboxylic acids is 1. The van der Waals surface area contributed by atoms with E-state index in [1.54, 1.807) is 0 Å². The minimum atomic E-state index is -0.619. The highest BCUT2D eigenvalue weighted by atomic mass is 16.4. The number of hydrogen-bond acceptors (Lipinski definition) is 1. The van der Waals surface area contributed by atoms with Crippen LogP contribution in [-0.2, 0) is 4.79 Å². The van der Waals surface area contributed by atoms with Gasteiger partial charge >= 0.3 is 5.97 Å². The number of benzene rings is 1. The van der Waals surface area contributed by atoms with E-state index in [-0.39, 0.29) is 5.92 Å². The number of aliphatic carboxylic acids is 1. The van der Waals surface area contributed by atoms with Crippen LogP contribution in [0.3, 0.4) is 0 Å². The standard InChI is InChI=1S/C17H24O2/c1-11(2)15-5-4-12(3)16(10-15)13-6-8-14(9-7-13)17(18)19/h4-5,10-11,13-14H,6-9H2,1-3H3,(H,18,19). The molecule has 0 aromatic heterocycles. The minimum Gasteiger partial charge on any atom is -0.481 e. The van der Waals surface area contributed by atoms with E-state index in [9.17, 15) is 4.79 Å². The van der Waals surface area contributed by atoms with E-state index in [0.29, 0.717) is 11.8 Å². The molecule has 0 aliphatic heterocycles. The van der Waals surface area contributed by atoms with Crippen LogP contribution in [0.5, 0.6) is 0 Å². The number of carbonyl (C=O) groups is 1. The third-order valence-corrected chi connectivity index (χ3v) is 4.49. The van der Waals surface area contributed by atoms with Crippen molar-refractivity contribution in [2.24, 2.45) is 5.92 Å². The van der Waals surface area contributed by atoms with Crippen LogP contribution in [0.1, 0.15) is 68.1 Å². The molecule has 0 heterocycles. The van der Waals surface area contributed by atoms with Gasteiger partial charge in [0.1, 0.15) is 0 Å². The molecule has 1 aliphatic carbocycles. The fourth-order valence-electron chi connectivity index (χ4n) is 3.11. The summed E-state index contributed by atoms with van der Waals surface area (Å²) in [6.45, 7) is 6.61. The number of hydrogen-bond donors (Lipinski definition) is 1. The predicted octanol–water partition coefficient (Wildman–Crippen LogP) is 4.48. The maximum atomic E-state index is 11.0. The molecule has 2 rings (SSSR count). The fraction of sp³-hybridized carbons (Fsp3) is 0.588. The first-order valence-corrected chi connectivity index (χ1v) is 7.32. The van der Waals surface area contributed by atoms with Crippen LogP contribution in [0.2, 0.25) is 0 Å². The van der Waals surface area contributed by atoms with Gasteiger partial charge in [-0.05, 0) is 61.1 Å². The van der Waals surface area contributed by atoms with Crippen LogP contribution in [0, 0.1) is 12.8 Å². The Labute approximate surface area is 115 Å². The number of aryl methyl sites for hydroxylation is 1. The van der Waals surface area contributed by atoms with E-state index in [0.717, 1.165) is 25.7 Å². The fourth-order valence-corrected chi connectivity index (χ4v) is 3.11. The number of rotatable bonds is 3. The summed E-state index contributed by atoms with van der Waals surface area (Å²) in [6, 6.07) is 6.77. The summed E-state index contributed by atoms with van der Waals surface area (Å²) < 4.78 is 0. The summed E-state index contributed by atoms with van der Waals surface area (Å²) >= 11 is 0. The first-order valence-electron chi connectivity index (χ1n) is 7.32. The van der Waals surface area contributed by atoms with Crippen molar-refractivity contribution in [3.05, 3.63) is 34.9 Å². The topological polar surface area (TPSA) is 37.3 Å². The summed E-state index contributed by atoms with van der Waals surface area (Å²) in [5.74, 6) is 0.361. The molecule has 0 saturated heterocycles. The largest absolute Gasteiger partial charge is 0.481 e. The summed E-state index contributed by atoms with van der Waals surface area (Å²) in [4.78, 5) is 11.0. The highest BCUT2D eigenvalue weighted by molar-refractivity contribution is 5.70. The van der Waals surface area contributed by atoms with E-state index in [1.807, 2.05) is 0 Å². The monoisotopic (exact) mass is 260 g/mol. The van der Waals surface area contributed by atoms with Crippen molar-refractivity contribution in [1.82, 2.24) is 0 Å². The van der Waals surface area contributed by atoms with Gasteiger partial charge in [0.05, 0.1) is 5.92 Å². The Balaban J connectivity index is 2.14. The van der Waals surface area contributed by atoms with Gasteiger partial charge in [-0.3, -0.25) is 4.79 Å². The molecule has 2 nitrogen and oxygen atoms in total. The molecule has 0 radical (unpaired) electrons. The molecular formula is C17H24O2. The maximum absolute atomic E-state index is 11.0. The molecule has 0 bridgehead atoms. The van der Waals surface area contributed by atoms with Crippen molar-refractivity contribution in [2.75, 3.05) is 0 Å². The van der Waals surface area contributed by atoms with Gasteiger partial charge < -0.3 is 5.11 Å². The third-order valence-electron chi connectivity index (χ3n) is 4.49. The molecule has 0 spiro atoms. The molecule has 1 fully saturated rings. The average Bonchev–Trinajstić information content (AvgIpc) is 2.39. The molecule has 19 heavy (non-hydrogen) atoms. The smallest absolute Gasteiger partial charge is 0.306 e. The van der Waals surface area contributed by atoms with Crippen molar-refractivity contribution in [3.8, 4) is 0 Å². The molecule has 0 amide bonds. The molecule has 1 aromatic carbocycles. The molecular weight excluding hydrogens is 236 g/mol. The van der Waals surface area contributed by atoms with Gasteiger partial charge in [-0.15, -0.1) is 0 Å². The van der Waals surface area contributed by atoms with Crippen molar-refractivity contribution >= 4 is 5.97 Å². The first kappa shape index (κ1) is 14.1. The van der Waals surface area contributed by atoms with Gasteiger partial charge in [-0.2, -0.15) is 0 Å². The van der Waals surface area contributed by atoms with Gasteiger partial charge in [-0.1, -0.05) is 32.0 Å². The molecule has 0 unspecified atom stereocenters. The Morgan fingerprint density at radius 1 is 1.21 bits per heavy atom. The van der Waals surface area contributed by atoms with E-state index < -0.39 is 5.97 Å². The van der Waals surface area contributed by atoms with Crippen molar-refractivity contribution in [3.63, 3.8) is 0 Å². The molecule has 0 atom stereocenters. The average molecular weight is 260 g/mol. The Morgan fingerprint density at radius 3 is 2.37 bits per heavy atom. The second kappa shape index (κ2) is 5.77. The van der Waals surface area contributed by atoms with Crippen LogP contribution in [0.4, 0.5) is 0 Å². The van der Waals surface area contributed by atoms with Crippen molar-refractivity contribution < 1.29 is 9.90 Å². The zero-order chi connectivity index (χ0) is 14.0. The predicted molar refractivity (Wildman–Crippen MR) is 77.6 cm³/mol. The first-order chi connectivity index (χ1) is 8.99. The van der Waals surface area contributed by atoms with Crippen LogP contribution in [-0.4, -0.2) is 11.1 Å². The van der Waals surface area contributed by atoms with Gasteiger partial charge in [0, 0.05) is 0 Å². The zero-order valence-electron chi connectivity index (χ0n) is 12.1. The Bertz CT molecular complexity index is 454. The Morgan fingerprint density at radius 2 is 1.84 bits per heavy atom.